The minimum absolute atomic E-state index is 0.0911. The van der Waals surface area contributed by atoms with Crippen molar-refractivity contribution in [2.45, 2.75) is 66.2 Å². The van der Waals surface area contributed by atoms with Gasteiger partial charge in [0, 0.05) is 11.8 Å². The Hall–Kier alpha value is -1.11. The second kappa shape index (κ2) is 5.44. The van der Waals surface area contributed by atoms with E-state index in [1.165, 1.54) is 37.7 Å². The van der Waals surface area contributed by atoms with Crippen molar-refractivity contribution >= 4 is 5.78 Å². The highest BCUT2D eigenvalue weighted by Gasteiger charge is 2.56. The van der Waals surface area contributed by atoms with Crippen LogP contribution in [-0.4, -0.2) is 5.78 Å². The van der Waals surface area contributed by atoms with Crippen molar-refractivity contribution in [3.8, 4) is 0 Å². The summed E-state index contributed by atoms with van der Waals surface area (Å²) in [5.41, 5.74) is 3.64. The van der Waals surface area contributed by atoms with Crippen LogP contribution < -0.4 is 0 Å². The lowest BCUT2D eigenvalue weighted by atomic mass is 9.51. The van der Waals surface area contributed by atoms with Crippen LogP contribution in [0.4, 0.5) is 0 Å². The van der Waals surface area contributed by atoms with E-state index in [1.54, 1.807) is 5.57 Å². The SMILES string of the molecule is CC[C@H](C)[C@H]1CC[C@H]2C3=CC=C4CC(=O)C=C[C@]4(C)[C@H]3CC[C@]12C. The first-order valence-electron chi connectivity index (χ1n) is 10.0. The van der Waals surface area contributed by atoms with Gasteiger partial charge in [0.1, 0.15) is 0 Å². The van der Waals surface area contributed by atoms with Crippen molar-refractivity contribution in [2.24, 2.45) is 34.5 Å². The maximum Gasteiger partial charge on any atom is 0.159 e. The summed E-state index contributed by atoms with van der Waals surface area (Å²) in [4.78, 5) is 11.9. The fourth-order valence-electron chi connectivity index (χ4n) is 6.72. The van der Waals surface area contributed by atoms with Crippen LogP contribution >= 0.6 is 0 Å². The van der Waals surface area contributed by atoms with Gasteiger partial charge in [0.05, 0.1) is 0 Å². The Morgan fingerprint density at radius 3 is 2.71 bits per heavy atom. The van der Waals surface area contributed by atoms with Gasteiger partial charge in [0.15, 0.2) is 5.78 Å². The third kappa shape index (κ3) is 2.09. The molecule has 0 bridgehead atoms. The molecule has 0 radical (unpaired) electrons. The van der Waals surface area contributed by atoms with Crippen LogP contribution in [-0.2, 0) is 4.79 Å². The van der Waals surface area contributed by atoms with Gasteiger partial charge in [-0.1, -0.05) is 63.5 Å². The van der Waals surface area contributed by atoms with Crippen molar-refractivity contribution in [1.82, 2.24) is 0 Å². The molecule has 1 nitrogen and oxygen atoms in total. The summed E-state index contributed by atoms with van der Waals surface area (Å²) in [6.45, 7) is 9.78. The highest BCUT2D eigenvalue weighted by molar-refractivity contribution is 5.93. The van der Waals surface area contributed by atoms with Crippen LogP contribution in [0.2, 0.25) is 0 Å². The minimum Gasteiger partial charge on any atom is -0.295 e. The Labute approximate surface area is 147 Å². The molecule has 0 aliphatic heterocycles. The average Bonchev–Trinajstić information content (AvgIpc) is 2.92. The number of ketones is 1. The summed E-state index contributed by atoms with van der Waals surface area (Å²) >= 11 is 0. The van der Waals surface area contributed by atoms with Crippen molar-refractivity contribution in [2.75, 3.05) is 0 Å². The molecule has 6 atom stereocenters. The highest BCUT2D eigenvalue weighted by Crippen LogP contribution is 2.65. The number of hydrogen-bond acceptors (Lipinski definition) is 1. The van der Waals surface area contributed by atoms with Gasteiger partial charge in [-0.25, -0.2) is 0 Å². The lowest BCUT2D eigenvalue weighted by Gasteiger charge is -2.53. The first-order valence-corrected chi connectivity index (χ1v) is 10.0. The monoisotopic (exact) mass is 324 g/mol. The number of rotatable bonds is 2. The van der Waals surface area contributed by atoms with Crippen molar-refractivity contribution in [3.05, 3.63) is 35.5 Å². The van der Waals surface area contributed by atoms with E-state index in [9.17, 15) is 4.79 Å². The zero-order valence-corrected chi connectivity index (χ0v) is 15.8. The lowest BCUT2D eigenvalue weighted by molar-refractivity contribution is -0.114. The minimum atomic E-state index is 0.0911. The molecule has 24 heavy (non-hydrogen) atoms. The fraction of sp³-hybridized carbons (Fsp3) is 0.696. The maximum absolute atomic E-state index is 11.9. The average molecular weight is 325 g/mol. The molecule has 1 heteroatoms. The van der Waals surface area contributed by atoms with Crippen LogP contribution in [0.15, 0.2) is 35.5 Å². The Bertz CT molecular complexity index is 651. The molecule has 0 aromatic heterocycles. The molecule has 0 aromatic carbocycles. The van der Waals surface area contributed by atoms with E-state index in [-0.39, 0.29) is 11.2 Å². The fourth-order valence-corrected chi connectivity index (χ4v) is 6.72. The standard InChI is InChI=1S/C23H32O/c1-5-15(2)19-8-9-20-18-7-6-16-14-17(24)10-12-22(16,3)21(18)11-13-23(19,20)4/h6-7,10,12,15,19-21H,5,8-9,11,13-14H2,1-4H3/t15-,19+,20-,21-,22-,23+/m0/s1. The van der Waals surface area contributed by atoms with E-state index < -0.39 is 0 Å². The van der Waals surface area contributed by atoms with Crippen molar-refractivity contribution in [3.63, 3.8) is 0 Å². The van der Waals surface area contributed by atoms with E-state index in [4.69, 9.17) is 0 Å². The molecule has 0 saturated heterocycles. The Balaban J connectivity index is 1.72. The van der Waals surface area contributed by atoms with E-state index in [0.717, 1.165) is 17.8 Å². The molecule has 0 amide bonds. The second-order valence-corrected chi connectivity index (χ2v) is 9.34. The number of hydrogen-bond donors (Lipinski definition) is 0. The summed E-state index contributed by atoms with van der Waals surface area (Å²) in [7, 11) is 0. The number of allylic oxidation sites excluding steroid dienone is 6. The molecule has 4 aliphatic rings. The quantitative estimate of drug-likeness (QED) is 0.620. The first-order chi connectivity index (χ1) is 11.4. The molecule has 0 spiro atoms. The summed E-state index contributed by atoms with van der Waals surface area (Å²) in [6, 6.07) is 0. The molecule has 130 valence electrons. The number of carbonyl (C=O) groups is 1. The first kappa shape index (κ1) is 16.4. The highest BCUT2D eigenvalue weighted by atomic mass is 16.1. The zero-order chi connectivity index (χ0) is 17.1. The topological polar surface area (TPSA) is 17.1 Å². The smallest absolute Gasteiger partial charge is 0.159 e. The molecule has 2 saturated carbocycles. The van der Waals surface area contributed by atoms with E-state index in [1.807, 2.05) is 6.08 Å². The van der Waals surface area contributed by atoms with Crippen LogP contribution in [0.3, 0.4) is 0 Å². The lowest BCUT2D eigenvalue weighted by Crippen LogP contribution is -2.45. The molecule has 0 heterocycles. The van der Waals surface area contributed by atoms with Gasteiger partial charge in [-0.05, 0) is 60.8 Å². The Morgan fingerprint density at radius 2 is 1.96 bits per heavy atom. The van der Waals surface area contributed by atoms with Crippen molar-refractivity contribution < 1.29 is 4.79 Å². The van der Waals surface area contributed by atoms with E-state index >= 15 is 0 Å². The third-order valence-electron chi connectivity index (χ3n) is 8.39. The molecule has 0 unspecified atom stereocenters. The number of carbonyl (C=O) groups excluding carboxylic acids is 1. The van der Waals surface area contributed by atoms with Gasteiger partial charge in [0.25, 0.3) is 0 Å². The summed E-state index contributed by atoms with van der Waals surface area (Å²) < 4.78 is 0. The molecule has 4 aliphatic carbocycles. The Morgan fingerprint density at radius 1 is 1.17 bits per heavy atom. The van der Waals surface area contributed by atoms with Gasteiger partial charge in [0.2, 0.25) is 0 Å². The maximum atomic E-state index is 11.9. The largest absolute Gasteiger partial charge is 0.295 e. The molecular weight excluding hydrogens is 292 g/mol. The van der Waals surface area contributed by atoms with Gasteiger partial charge in [-0.3, -0.25) is 4.79 Å². The molecule has 4 rings (SSSR count). The van der Waals surface area contributed by atoms with E-state index in [2.05, 4.69) is 45.9 Å². The normalized spacial score (nSPS) is 45.0. The molecular formula is C23H32O. The van der Waals surface area contributed by atoms with Crippen LogP contribution in [0.5, 0.6) is 0 Å². The summed E-state index contributed by atoms with van der Waals surface area (Å²) in [5.74, 6) is 3.38. The second-order valence-electron chi connectivity index (χ2n) is 9.34. The van der Waals surface area contributed by atoms with Crippen LogP contribution in [0.1, 0.15) is 66.2 Å². The molecule has 2 fully saturated rings. The van der Waals surface area contributed by atoms with Crippen molar-refractivity contribution in [1.29, 1.82) is 0 Å². The zero-order valence-electron chi connectivity index (χ0n) is 15.8. The summed E-state index contributed by atoms with van der Waals surface area (Å²) in [5, 5.41) is 0. The Kier molecular flexibility index (Phi) is 3.71. The molecule has 0 aromatic rings. The third-order valence-corrected chi connectivity index (χ3v) is 8.39. The van der Waals surface area contributed by atoms with Gasteiger partial charge in [-0.15, -0.1) is 0 Å². The predicted octanol–water partition coefficient (Wildman–Crippen LogP) is 5.88. The van der Waals surface area contributed by atoms with Gasteiger partial charge < -0.3 is 0 Å². The van der Waals surface area contributed by atoms with Gasteiger partial charge >= 0.3 is 0 Å². The summed E-state index contributed by atoms with van der Waals surface area (Å²) in [6.07, 6.45) is 16.2. The molecule has 0 N–H and O–H groups in total. The van der Waals surface area contributed by atoms with Crippen LogP contribution in [0, 0.1) is 34.5 Å². The predicted molar refractivity (Wildman–Crippen MR) is 99.5 cm³/mol. The van der Waals surface area contributed by atoms with Gasteiger partial charge in [-0.2, -0.15) is 0 Å². The van der Waals surface area contributed by atoms with Crippen LogP contribution in [0.25, 0.3) is 0 Å². The number of fused-ring (bicyclic) bond motifs is 5. The van der Waals surface area contributed by atoms with E-state index in [0.29, 0.717) is 17.8 Å².